The van der Waals surface area contributed by atoms with Crippen molar-refractivity contribution in [3.8, 4) is 0 Å². The van der Waals surface area contributed by atoms with Crippen LogP contribution in [0.15, 0.2) is 12.3 Å². The summed E-state index contributed by atoms with van der Waals surface area (Å²) in [5.41, 5.74) is -0.420. The molecule has 1 aliphatic carbocycles. The first-order chi connectivity index (χ1) is 9.80. The Bertz CT molecular complexity index is 395. The number of ether oxygens (including phenoxy) is 2. The highest BCUT2D eigenvalue weighted by atomic mass is 16.6. The highest BCUT2D eigenvalue weighted by molar-refractivity contribution is 5.68. The molecule has 0 radical (unpaired) electrons. The average Bonchev–Trinajstić information content (AvgIpc) is 3.16. The number of amides is 1. The molecule has 2 aliphatic rings. The quantitative estimate of drug-likeness (QED) is 0.747. The molecule has 0 bridgehead atoms. The molecule has 0 aromatic carbocycles. The standard InChI is InChI=1S/C16H28N2O3/c1-12(20-5)10-13-11-14(13)17-6-8-18(9-7-17)15(19)21-16(2,3)4/h13-14H,1,6-11H2,2-5H3/t13?,14-/m0/s1. The SMILES string of the molecule is C=C(CC1C[C@@H]1N1CCN(C(=O)OC(C)(C)C)CC1)OC. The van der Waals surface area contributed by atoms with Crippen LogP contribution >= 0.6 is 0 Å². The normalized spacial score (nSPS) is 26.4. The highest BCUT2D eigenvalue weighted by Gasteiger charge is 2.43. The highest BCUT2D eigenvalue weighted by Crippen LogP contribution is 2.40. The van der Waals surface area contributed by atoms with Crippen LogP contribution in [0.3, 0.4) is 0 Å². The van der Waals surface area contributed by atoms with Gasteiger partial charge in [-0.2, -0.15) is 0 Å². The molecule has 0 spiro atoms. The van der Waals surface area contributed by atoms with Crippen LogP contribution < -0.4 is 0 Å². The molecule has 2 rings (SSSR count). The van der Waals surface area contributed by atoms with E-state index in [9.17, 15) is 4.79 Å². The molecule has 0 aromatic rings. The zero-order valence-corrected chi connectivity index (χ0v) is 13.7. The molecule has 1 heterocycles. The summed E-state index contributed by atoms with van der Waals surface area (Å²) in [6.45, 7) is 13.0. The van der Waals surface area contributed by atoms with Gasteiger partial charge in [0.2, 0.25) is 0 Å². The summed E-state index contributed by atoms with van der Waals surface area (Å²) in [4.78, 5) is 16.3. The van der Waals surface area contributed by atoms with Crippen molar-refractivity contribution in [1.82, 2.24) is 9.80 Å². The maximum Gasteiger partial charge on any atom is 0.410 e. The molecule has 1 saturated heterocycles. The maximum absolute atomic E-state index is 12.0. The Hall–Kier alpha value is -1.23. The summed E-state index contributed by atoms with van der Waals surface area (Å²) < 4.78 is 10.6. The van der Waals surface area contributed by atoms with Crippen molar-refractivity contribution in [2.24, 2.45) is 5.92 Å². The van der Waals surface area contributed by atoms with Gasteiger partial charge in [-0.15, -0.1) is 0 Å². The minimum Gasteiger partial charge on any atom is -0.502 e. The third-order valence-corrected chi connectivity index (χ3v) is 4.10. The molecule has 1 unspecified atom stereocenters. The largest absolute Gasteiger partial charge is 0.502 e. The van der Waals surface area contributed by atoms with Gasteiger partial charge in [0.15, 0.2) is 0 Å². The van der Waals surface area contributed by atoms with Crippen LogP contribution in [0, 0.1) is 5.92 Å². The molecule has 5 nitrogen and oxygen atoms in total. The second kappa shape index (κ2) is 6.26. The van der Waals surface area contributed by atoms with Crippen LogP contribution in [0.2, 0.25) is 0 Å². The summed E-state index contributed by atoms with van der Waals surface area (Å²) in [7, 11) is 1.68. The van der Waals surface area contributed by atoms with E-state index in [0.717, 1.165) is 38.4 Å². The Morgan fingerprint density at radius 3 is 2.38 bits per heavy atom. The Balaban J connectivity index is 1.72. The molecular weight excluding hydrogens is 268 g/mol. The van der Waals surface area contributed by atoms with Crippen molar-refractivity contribution < 1.29 is 14.3 Å². The third kappa shape index (κ3) is 4.63. The monoisotopic (exact) mass is 296 g/mol. The van der Waals surface area contributed by atoms with E-state index in [-0.39, 0.29) is 6.09 Å². The lowest BCUT2D eigenvalue weighted by Gasteiger charge is -2.36. The van der Waals surface area contributed by atoms with Crippen molar-refractivity contribution in [2.45, 2.75) is 45.3 Å². The summed E-state index contributed by atoms with van der Waals surface area (Å²) in [5, 5.41) is 0. The molecule has 120 valence electrons. The molecule has 21 heavy (non-hydrogen) atoms. The predicted octanol–water partition coefficient (Wildman–Crippen LogP) is 2.48. The van der Waals surface area contributed by atoms with Crippen molar-refractivity contribution >= 4 is 6.09 Å². The number of carbonyl (C=O) groups is 1. The number of hydrogen-bond donors (Lipinski definition) is 0. The van der Waals surface area contributed by atoms with Crippen LogP contribution in [0.1, 0.15) is 33.6 Å². The van der Waals surface area contributed by atoms with Gasteiger partial charge < -0.3 is 14.4 Å². The van der Waals surface area contributed by atoms with E-state index in [2.05, 4.69) is 11.5 Å². The molecule has 1 aliphatic heterocycles. The Kier molecular flexibility index (Phi) is 4.81. The lowest BCUT2D eigenvalue weighted by Crippen LogP contribution is -2.50. The Labute approximate surface area is 127 Å². The Morgan fingerprint density at radius 2 is 1.86 bits per heavy atom. The van der Waals surface area contributed by atoms with Crippen LogP contribution in [-0.2, 0) is 9.47 Å². The second-order valence-corrected chi connectivity index (χ2v) is 7.01. The topological polar surface area (TPSA) is 42.0 Å². The van der Waals surface area contributed by atoms with Crippen LogP contribution in [0.25, 0.3) is 0 Å². The van der Waals surface area contributed by atoms with Gasteiger partial charge in [0.05, 0.1) is 12.9 Å². The lowest BCUT2D eigenvalue weighted by molar-refractivity contribution is 0.0134. The summed E-state index contributed by atoms with van der Waals surface area (Å²) in [6.07, 6.45) is 1.98. The third-order valence-electron chi connectivity index (χ3n) is 4.10. The Morgan fingerprint density at radius 1 is 1.24 bits per heavy atom. The van der Waals surface area contributed by atoms with Gasteiger partial charge in [-0.3, -0.25) is 4.90 Å². The summed E-state index contributed by atoms with van der Waals surface area (Å²) in [5.74, 6) is 1.54. The smallest absolute Gasteiger partial charge is 0.410 e. The molecule has 1 amide bonds. The van der Waals surface area contributed by atoms with E-state index in [4.69, 9.17) is 9.47 Å². The van der Waals surface area contributed by atoms with E-state index in [0.29, 0.717) is 12.0 Å². The van der Waals surface area contributed by atoms with Crippen LogP contribution in [-0.4, -0.2) is 60.8 Å². The van der Waals surface area contributed by atoms with Crippen LogP contribution in [0.5, 0.6) is 0 Å². The first kappa shape index (κ1) is 16.1. The van der Waals surface area contributed by atoms with Gasteiger partial charge in [-0.1, -0.05) is 6.58 Å². The number of hydrogen-bond acceptors (Lipinski definition) is 4. The fourth-order valence-electron chi connectivity index (χ4n) is 2.84. The van der Waals surface area contributed by atoms with E-state index < -0.39 is 5.60 Å². The first-order valence-electron chi connectivity index (χ1n) is 7.74. The molecule has 1 saturated carbocycles. The minimum absolute atomic E-state index is 0.192. The van der Waals surface area contributed by atoms with E-state index in [1.807, 2.05) is 25.7 Å². The molecular formula is C16H28N2O3. The molecule has 2 fully saturated rings. The zero-order chi connectivity index (χ0) is 15.6. The maximum atomic E-state index is 12.0. The van der Waals surface area contributed by atoms with E-state index >= 15 is 0 Å². The summed E-state index contributed by atoms with van der Waals surface area (Å²) in [6, 6.07) is 0.637. The first-order valence-corrected chi connectivity index (χ1v) is 7.74. The van der Waals surface area contributed by atoms with Gasteiger partial charge in [0, 0.05) is 38.6 Å². The molecule has 2 atom stereocenters. The number of methoxy groups -OCH3 is 1. The molecule has 5 heteroatoms. The van der Waals surface area contributed by atoms with Gasteiger partial charge >= 0.3 is 6.09 Å². The van der Waals surface area contributed by atoms with Crippen molar-refractivity contribution in [1.29, 1.82) is 0 Å². The average molecular weight is 296 g/mol. The van der Waals surface area contributed by atoms with Crippen molar-refractivity contribution in [3.63, 3.8) is 0 Å². The number of piperazine rings is 1. The van der Waals surface area contributed by atoms with Gasteiger partial charge in [0.25, 0.3) is 0 Å². The van der Waals surface area contributed by atoms with Crippen LogP contribution in [0.4, 0.5) is 4.79 Å². The lowest BCUT2D eigenvalue weighted by atomic mass is 10.2. The zero-order valence-electron chi connectivity index (χ0n) is 13.7. The van der Waals surface area contributed by atoms with E-state index in [1.165, 1.54) is 6.42 Å². The number of rotatable bonds is 4. The van der Waals surface area contributed by atoms with Crippen molar-refractivity contribution in [3.05, 3.63) is 12.3 Å². The van der Waals surface area contributed by atoms with Gasteiger partial charge in [-0.05, 0) is 33.1 Å². The number of carbonyl (C=O) groups excluding carboxylic acids is 1. The number of nitrogens with zero attached hydrogens (tertiary/aromatic N) is 2. The summed E-state index contributed by atoms with van der Waals surface area (Å²) >= 11 is 0. The predicted molar refractivity (Wildman–Crippen MR) is 82.0 cm³/mol. The van der Waals surface area contributed by atoms with Gasteiger partial charge in [-0.25, -0.2) is 4.79 Å². The van der Waals surface area contributed by atoms with E-state index in [1.54, 1.807) is 7.11 Å². The fourth-order valence-corrected chi connectivity index (χ4v) is 2.84. The fraction of sp³-hybridized carbons (Fsp3) is 0.812. The minimum atomic E-state index is -0.420. The number of allylic oxidation sites excluding steroid dienone is 1. The second-order valence-electron chi connectivity index (χ2n) is 7.01. The molecule has 0 aromatic heterocycles. The van der Waals surface area contributed by atoms with Crippen molar-refractivity contribution in [2.75, 3.05) is 33.3 Å². The molecule has 0 N–H and O–H groups in total. The van der Waals surface area contributed by atoms with Gasteiger partial charge in [0.1, 0.15) is 5.60 Å².